The molecule has 4 heteroatoms. The molecule has 1 aromatic carbocycles. The highest BCUT2D eigenvalue weighted by Gasteiger charge is 2.23. The van der Waals surface area contributed by atoms with Crippen molar-refractivity contribution in [1.82, 2.24) is 0 Å². The fraction of sp³-hybridized carbons (Fsp3) is 0.500. The van der Waals surface area contributed by atoms with Crippen LogP contribution >= 0.6 is 0 Å². The summed E-state index contributed by atoms with van der Waals surface area (Å²) in [5.41, 5.74) is 7.28. The van der Waals surface area contributed by atoms with Crippen LogP contribution in [-0.2, 0) is 9.84 Å². The van der Waals surface area contributed by atoms with Gasteiger partial charge in [0.1, 0.15) is 0 Å². The van der Waals surface area contributed by atoms with Gasteiger partial charge in [0.05, 0.1) is 10.1 Å². The third-order valence-corrected chi connectivity index (χ3v) is 5.11. The van der Waals surface area contributed by atoms with Gasteiger partial charge in [0.15, 0.2) is 9.84 Å². The number of aryl methyl sites for hydroxylation is 2. The second kappa shape index (κ2) is 4.97. The van der Waals surface area contributed by atoms with Gasteiger partial charge in [-0.1, -0.05) is 17.7 Å². The summed E-state index contributed by atoms with van der Waals surface area (Å²) in [7, 11) is -3.23. The van der Waals surface area contributed by atoms with E-state index >= 15 is 0 Å². The van der Waals surface area contributed by atoms with E-state index in [0.29, 0.717) is 17.9 Å². The van der Waals surface area contributed by atoms with E-state index in [4.69, 9.17) is 5.73 Å². The van der Waals surface area contributed by atoms with Crippen molar-refractivity contribution in [2.75, 3.05) is 6.54 Å². The van der Waals surface area contributed by atoms with Crippen molar-refractivity contribution in [2.45, 2.75) is 37.3 Å². The Morgan fingerprint density at radius 3 is 2.44 bits per heavy atom. The van der Waals surface area contributed by atoms with E-state index < -0.39 is 15.1 Å². The Hall–Kier alpha value is -0.870. The molecule has 1 aromatic rings. The Balaban J connectivity index is 3.17. The van der Waals surface area contributed by atoms with E-state index in [-0.39, 0.29) is 0 Å². The Morgan fingerprint density at radius 2 is 1.94 bits per heavy atom. The van der Waals surface area contributed by atoms with Gasteiger partial charge in [-0.05, 0) is 45.4 Å². The third kappa shape index (κ3) is 2.62. The van der Waals surface area contributed by atoms with Gasteiger partial charge in [-0.3, -0.25) is 0 Å². The van der Waals surface area contributed by atoms with E-state index in [1.165, 1.54) is 0 Å². The quantitative estimate of drug-likeness (QED) is 0.874. The van der Waals surface area contributed by atoms with Crippen molar-refractivity contribution in [3.63, 3.8) is 0 Å². The van der Waals surface area contributed by atoms with Crippen LogP contribution < -0.4 is 5.73 Å². The van der Waals surface area contributed by atoms with E-state index in [0.717, 1.165) is 11.1 Å². The van der Waals surface area contributed by atoms with Crippen LogP contribution in [0, 0.1) is 13.8 Å². The smallest absolute Gasteiger partial charge is 0.181 e. The first-order valence-electron chi connectivity index (χ1n) is 5.41. The molecule has 0 fully saturated rings. The maximum absolute atomic E-state index is 12.2. The molecule has 0 heterocycles. The average Bonchev–Trinajstić information content (AvgIpc) is 2.17. The Morgan fingerprint density at radius 1 is 1.31 bits per heavy atom. The monoisotopic (exact) mass is 241 g/mol. The van der Waals surface area contributed by atoms with Crippen molar-refractivity contribution in [3.8, 4) is 0 Å². The van der Waals surface area contributed by atoms with Gasteiger partial charge in [0, 0.05) is 0 Å². The molecule has 0 aliphatic carbocycles. The van der Waals surface area contributed by atoms with Crippen LogP contribution in [0.4, 0.5) is 0 Å². The molecule has 16 heavy (non-hydrogen) atoms. The topological polar surface area (TPSA) is 60.2 Å². The highest BCUT2D eigenvalue weighted by molar-refractivity contribution is 7.92. The molecule has 0 bridgehead atoms. The summed E-state index contributed by atoms with van der Waals surface area (Å²) in [5.74, 6) is 0. The van der Waals surface area contributed by atoms with E-state index in [1.807, 2.05) is 26.0 Å². The molecular formula is C12H19NO2S. The molecule has 0 spiro atoms. The van der Waals surface area contributed by atoms with Crippen molar-refractivity contribution in [1.29, 1.82) is 0 Å². The van der Waals surface area contributed by atoms with Crippen LogP contribution in [-0.4, -0.2) is 20.2 Å². The summed E-state index contributed by atoms with van der Waals surface area (Å²) in [6.07, 6.45) is 0.496. The van der Waals surface area contributed by atoms with Crippen molar-refractivity contribution in [3.05, 3.63) is 29.3 Å². The standard InChI is InChI=1S/C12H19NO2S/c1-9-4-5-12(10(2)8-9)16(14,15)11(3)6-7-13/h4-5,8,11H,6-7,13H2,1-3H3. The molecule has 1 unspecified atom stereocenters. The van der Waals surface area contributed by atoms with Gasteiger partial charge in [0.25, 0.3) is 0 Å². The average molecular weight is 241 g/mol. The normalized spacial score (nSPS) is 13.8. The van der Waals surface area contributed by atoms with Gasteiger partial charge in [0.2, 0.25) is 0 Å². The molecule has 0 aliphatic heterocycles. The zero-order valence-corrected chi connectivity index (χ0v) is 10.8. The minimum atomic E-state index is -3.23. The summed E-state index contributed by atoms with van der Waals surface area (Å²) in [6.45, 7) is 5.88. The first kappa shape index (κ1) is 13.2. The minimum absolute atomic E-state index is 0.394. The maximum Gasteiger partial charge on any atom is 0.181 e. The van der Waals surface area contributed by atoms with Crippen LogP contribution in [0.15, 0.2) is 23.1 Å². The molecule has 1 atom stereocenters. The molecule has 3 nitrogen and oxygen atoms in total. The summed E-state index contributed by atoms with van der Waals surface area (Å²) in [4.78, 5) is 0.430. The predicted octanol–water partition coefficient (Wildman–Crippen LogP) is 1.81. The molecule has 0 radical (unpaired) electrons. The number of nitrogens with two attached hydrogens (primary N) is 1. The number of hydrogen-bond acceptors (Lipinski definition) is 3. The summed E-state index contributed by atoms with van der Waals surface area (Å²) < 4.78 is 24.4. The molecule has 0 saturated carbocycles. The first-order chi connectivity index (χ1) is 7.39. The van der Waals surface area contributed by atoms with Crippen LogP contribution in [0.2, 0.25) is 0 Å². The van der Waals surface area contributed by atoms with Gasteiger partial charge in [-0.2, -0.15) is 0 Å². The van der Waals surface area contributed by atoms with Crippen molar-refractivity contribution < 1.29 is 8.42 Å². The molecule has 90 valence electrons. The highest BCUT2D eigenvalue weighted by Crippen LogP contribution is 2.22. The Bertz CT molecular complexity index is 466. The lowest BCUT2D eigenvalue weighted by Crippen LogP contribution is -2.22. The lowest BCUT2D eigenvalue weighted by atomic mass is 10.2. The zero-order chi connectivity index (χ0) is 12.3. The number of benzene rings is 1. The second-order valence-electron chi connectivity index (χ2n) is 4.20. The van der Waals surface area contributed by atoms with Crippen LogP contribution in [0.1, 0.15) is 24.5 Å². The van der Waals surface area contributed by atoms with Gasteiger partial charge in [-0.15, -0.1) is 0 Å². The van der Waals surface area contributed by atoms with Crippen LogP contribution in [0.25, 0.3) is 0 Å². The van der Waals surface area contributed by atoms with Gasteiger partial charge >= 0.3 is 0 Å². The maximum atomic E-state index is 12.2. The van der Waals surface area contributed by atoms with Gasteiger partial charge < -0.3 is 5.73 Å². The largest absolute Gasteiger partial charge is 0.330 e. The number of sulfone groups is 1. The molecule has 0 aromatic heterocycles. The first-order valence-corrected chi connectivity index (χ1v) is 6.95. The molecule has 1 rings (SSSR count). The Kier molecular flexibility index (Phi) is 4.10. The molecule has 0 aliphatic rings. The molecule has 2 N–H and O–H groups in total. The lowest BCUT2D eigenvalue weighted by Gasteiger charge is -2.14. The number of rotatable bonds is 4. The minimum Gasteiger partial charge on any atom is -0.330 e. The van der Waals surface area contributed by atoms with E-state index in [2.05, 4.69) is 0 Å². The summed E-state index contributed by atoms with van der Waals surface area (Å²) >= 11 is 0. The molecule has 0 amide bonds. The second-order valence-corrected chi connectivity index (χ2v) is 6.54. The van der Waals surface area contributed by atoms with Crippen LogP contribution in [0.5, 0.6) is 0 Å². The molecular weight excluding hydrogens is 222 g/mol. The predicted molar refractivity (Wildman–Crippen MR) is 66.2 cm³/mol. The SMILES string of the molecule is Cc1ccc(S(=O)(=O)C(C)CCN)c(C)c1. The summed E-state index contributed by atoms with van der Waals surface area (Å²) in [5, 5.41) is -0.418. The zero-order valence-electron chi connectivity index (χ0n) is 10.0. The Labute approximate surface area is 97.6 Å². The van der Waals surface area contributed by atoms with Crippen LogP contribution in [0.3, 0.4) is 0 Å². The molecule has 0 saturated heterocycles. The fourth-order valence-electron chi connectivity index (χ4n) is 1.73. The van der Waals surface area contributed by atoms with E-state index in [1.54, 1.807) is 13.0 Å². The fourth-order valence-corrected chi connectivity index (χ4v) is 3.37. The summed E-state index contributed by atoms with van der Waals surface area (Å²) in [6, 6.07) is 5.41. The van der Waals surface area contributed by atoms with Crippen molar-refractivity contribution in [2.24, 2.45) is 5.73 Å². The van der Waals surface area contributed by atoms with Crippen molar-refractivity contribution >= 4 is 9.84 Å². The lowest BCUT2D eigenvalue weighted by molar-refractivity contribution is 0.577. The van der Waals surface area contributed by atoms with Gasteiger partial charge in [-0.25, -0.2) is 8.42 Å². The highest BCUT2D eigenvalue weighted by atomic mass is 32.2. The van der Waals surface area contributed by atoms with E-state index in [9.17, 15) is 8.42 Å². The number of hydrogen-bond donors (Lipinski definition) is 1. The third-order valence-electron chi connectivity index (χ3n) is 2.74.